The molecule has 0 spiro atoms. The van der Waals surface area contributed by atoms with Crippen molar-refractivity contribution in [1.29, 1.82) is 0 Å². The molecule has 0 aliphatic heterocycles. The lowest BCUT2D eigenvalue weighted by atomic mass is 9.86. The summed E-state index contributed by atoms with van der Waals surface area (Å²) in [6.45, 7) is 8.07. The van der Waals surface area contributed by atoms with Crippen LogP contribution in [-0.4, -0.2) is 24.1 Å². The van der Waals surface area contributed by atoms with Crippen LogP contribution in [-0.2, 0) is 0 Å². The number of hydrogen-bond acceptors (Lipinski definition) is 2. The molecule has 1 N–H and O–H groups in total. The molecule has 1 fully saturated rings. The van der Waals surface area contributed by atoms with E-state index in [1.165, 1.54) is 37.2 Å². The standard InChI is InChI=1S/C12H25NS/c1-4-13-11-6-7-12(3,10-11)8-9-14-5-2/h11,13H,4-10H2,1-3H3. The second kappa shape index (κ2) is 6.02. The van der Waals surface area contributed by atoms with E-state index in [2.05, 4.69) is 37.8 Å². The largest absolute Gasteiger partial charge is 0.314 e. The van der Waals surface area contributed by atoms with Crippen molar-refractivity contribution < 1.29 is 0 Å². The quantitative estimate of drug-likeness (QED) is 0.682. The van der Waals surface area contributed by atoms with Crippen molar-refractivity contribution in [2.24, 2.45) is 5.41 Å². The third-order valence-electron chi connectivity index (χ3n) is 3.38. The number of thioether (sulfide) groups is 1. The topological polar surface area (TPSA) is 12.0 Å². The Hall–Kier alpha value is 0.310. The summed E-state index contributed by atoms with van der Waals surface area (Å²) in [7, 11) is 0. The van der Waals surface area contributed by atoms with Gasteiger partial charge in [0.2, 0.25) is 0 Å². The minimum Gasteiger partial charge on any atom is -0.314 e. The van der Waals surface area contributed by atoms with Gasteiger partial charge in [0, 0.05) is 6.04 Å². The Morgan fingerprint density at radius 3 is 2.86 bits per heavy atom. The van der Waals surface area contributed by atoms with Crippen LogP contribution in [0.15, 0.2) is 0 Å². The molecule has 14 heavy (non-hydrogen) atoms. The smallest absolute Gasteiger partial charge is 0.00723 e. The normalized spacial score (nSPS) is 32.4. The van der Waals surface area contributed by atoms with E-state index >= 15 is 0 Å². The molecule has 0 heterocycles. The summed E-state index contributed by atoms with van der Waals surface area (Å²) in [5.74, 6) is 2.62. The minimum absolute atomic E-state index is 0.634. The SMILES string of the molecule is CCNC1CCC(C)(CCSCC)C1. The van der Waals surface area contributed by atoms with Gasteiger partial charge in [-0.2, -0.15) is 11.8 Å². The third kappa shape index (κ3) is 3.82. The van der Waals surface area contributed by atoms with E-state index in [1.54, 1.807) is 0 Å². The summed E-state index contributed by atoms with van der Waals surface area (Å²) in [6, 6.07) is 0.802. The van der Waals surface area contributed by atoms with Gasteiger partial charge in [0.05, 0.1) is 0 Å². The Labute approximate surface area is 93.4 Å². The average molecular weight is 215 g/mol. The van der Waals surface area contributed by atoms with Gasteiger partial charge < -0.3 is 5.32 Å². The van der Waals surface area contributed by atoms with Crippen LogP contribution in [0.1, 0.15) is 46.5 Å². The van der Waals surface area contributed by atoms with E-state index in [4.69, 9.17) is 0 Å². The van der Waals surface area contributed by atoms with Crippen LogP contribution in [0.25, 0.3) is 0 Å². The molecule has 2 atom stereocenters. The molecule has 0 aromatic rings. The van der Waals surface area contributed by atoms with Crippen LogP contribution in [0.3, 0.4) is 0 Å². The highest BCUT2D eigenvalue weighted by atomic mass is 32.2. The molecular weight excluding hydrogens is 190 g/mol. The van der Waals surface area contributed by atoms with Crippen molar-refractivity contribution in [2.75, 3.05) is 18.1 Å². The lowest BCUT2D eigenvalue weighted by molar-refractivity contribution is 0.315. The molecule has 1 aliphatic carbocycles. The summed E-state index contributed by atoms with van der Waals surface area (Å²) in [4.78, 5) is 0. The van der Waals surface area contributed by atoms with Gasteiger partial charge in [0.1, 0.15) is 0 Å². The predicted molar refractivity (Wildman–Crippen MR) is 67.0 cm³/mol. The maximum Gasteiger partial charge on any atom is 0.00723 e. The zero-order valence-electron chi connectivity index (χ0n) is 9.94. The molecule has 0 amide bonds. The van der Waals surface area contributed by atoms with Crippen LogP contribution in [0.4, 0.5) is 0 Å². The molecule has 1 rings (SSSR count). The molecule has 1 aliphatic rings. The Morgan fingerprint density at radius 2 is 2.21 bits per heavy atom. The second-order valence-electron chi connectivity index (χ2n) is 4.75. The molecule has 1 nitrogen and oxygen atoms in total. The van der Waals surface area contributed by atoms with Gasteiger partial charge in [-0.3, -0.25) is 0 Å². The van der Waals surface area contributed by atoms with E-state index in [-0.39, 0.29) is 0 Å². The van der Waals surface area contributed by atoms with E-state index in [0.29, 0.717) is 5.41 Å². The summed E-state index contributed by atoms with van der Waals surface area (Å²) in [5.41, 5.74) is 0.634. The first-order valence-electron chi connectivity index (χ1n) is 6.01. The Morgan fingerprint density at radius 1 is 1.43 bits per heavy atom. The Bertz CT molecular complexity index is 160. The summed E-state index contributed by atoms with van der Waals surface area (Å²) >= 11 is 2.09. The van der Waals surface area contributed by atoms with E-state index < -0.39 is 0 Å². The molecular formula is C12H25NS. The maximum absolute atomic E-state index is 3.58. The van der Waals surface area contributed by atoms with Crippen molar-refractivity contribution in [3.63, 3.8) is 0 Å². The lowest BCUT2D eigenvalue weighted by Gasteiger charge is -2.24. The maximum atomic E-state index is 3.58. The summed E-state index contributed by atoms with van der Waals surface area (Å²) in [6.07, 6.45) is 5.62. The van der Waals surface area contributed by atoms with Gasteiger partial charge in [-0.15, -0.1) is 0 Å². The average Bonchev–Trinajstić information content (AvgIpc) is 2.49. The number of nitrogens with one attached hydrogen (secondary N) is 1. The van der Waals surface area contributed by atoms with E-state index in [9.17, 15) is 0 Å². The molecule has 2 unspecified atom stereocenters. The number of hydrogen-bond donors (Lipinski definition) is 1. The number of rotatable bonds is 6. The van der Waals surface area contributed by atoms with Gasteiger partial charge in [0.25, 0.3) is 0 Å². The fourth-order valence-corrected chi connectivity index (χ4v) is 3.40. The van der Waals surface area contributed by atoms with Crippen molar-refractivity contribution in [2.45, 2.75) is 52.5 Å². The van der Waals surface area contributed by atoms with Crippen molar-refractivity contribution >= 4 is 11.8 Å². The summed E-state index contributed by atoms with van der Waals surface area (Å²) < 4.78 is 0. The van der Waals surface area contributed by atoms with Crippen LogP contribution in [0, 0.1) is 5.41 Å². The predicted octanol–water partition coefficient (Wildman–Crippen LogP) is 3.30. The first kappa shape index (κ1) is 12.4. The molecule has 0 radical (unpaired) electrons. The van der Waals surface area contributed by atoms with Gasteiger partial charge in [-0.25, -0.2) is 0 Å². The van der Waals surface area contributed by atoms with Crippen LogP contribution in [0.2, 0.25) is 0 Å². The van der Waals surface area contributed by atoms with Crippen LogP contribution in [0.5, 0.6) is 0 Å². The van der Waals surface area contributed by atoms with Crippen molar-refractivity contribution in [3.05, 3.63) is 0 Å². The first-order chi connectivity index (χ1) is 6.70. The Balaban J connectivity index is 2.22. The van der Waals surface area contributed by atoms with E-state index in [1.807, 2.05) is 0 Å². The third-order valence-corrected chi connectivity index (χ3v) is 4.28. The molecule has 0 saturated heterocycles. The molecule has 2 heteroatoms. The summed E-state index contributed by atoms with van der Waals surface area (Å²) in [5, 5.41) is 3.58. The molecule has 0 aromatic heterocycles. The molecule has 84 valence electrons. The fourth-order valence-electron chi connectivity index (χ4n) is 2.47. The molecule has 0 bridgehead atoms. The first-order valence-corrected chi connectivity index (χ1v) is 7.17. The van der Waals surface area contributed by atoms with Crippen LogP contribution >= 0.6 is 11.8 Å². The monoisotopic (exact) mass is 215 g/mol. The van der Waals surface area contributed by atoms with Crippen molar-refractivity contribution in [1.82, 2.24) is 5.32 Å². The molecule has 1 saturated carbocycles. The van der Waals surface area contributed by atoms with E-state index in [0.717, 1.165) is 12.6 Å². The second-order valence-corrected chi connectivity index (χ2v) is 6.15. The van der Waals surface area contributed by atoms with Crippen molar-refractivity contribution in [3.8, 4) is 0 Å². The minimum atomic E-state index is 0.634. The van der Waals surface area contributed by atoms with Gasteiger partial charge in [-0.05, 0) is 49.1 Å². The zero-order valence-corrected chi connectivity index (χ0v) is 10.8. The highest BCUT2D eigenvalue weighted by Crippen LogP contribution is 2.41. The molecule has 0 aromatic carbocycles. The fraction of sp³-hybridized carbons (Fsp3) is 1.00. The van der Waals surface area contributed by atoms with Gasteiger partial charge in [0.15, 0.2) is 0 Å². The van der Waals surface area contributed by atoms with Gasteiger partial charge in [-0.1, -0.05) is 20.8 Å². The zero-order chi connectivity index (χ0) is 10.4. The highest BCUT2D eigenvalue weighted by molar-refractivity contribution is 7.99. The highest BCUT2D eigenvalue weighted by Gasteiger charge is 2.33. The van der Waals surface area contributed by atoms with Crippen LogP contribution < -0.4 is 5.32 Å². The lowest BCUT2D eigenvalue weighted by Crippen LogP contribution is -2.27. The van der Waals surface area contributed by atoms with Gasteiger partial charge >= 0.3 is 0 Å². The Kier molecular flexibility index (Phi) is 5.32.